The Labute approximate surface area is 179 Å². The molecule has 3 aliphatic carbocycles. The Hall–Kier alpha value is -2.15. The molecule has 4 heteroatoms. The van der Waals surface area contributed by atoms with Gasteiger partial charge in [0.2, 0.25) is 0 Å². The predicted octanol–water partition coefficient (Wildman–Crippen LogP) is 6.43. The van der Waals surface area contributed by atoms with Crippen LogP contribution in [-0.4, -0.2) is 5.97 Å². The van der Waals surface area contributed by atoms with Gasteiger partial charge in [0.15, 0.2) is 11.6 Å². The van der Waals surface area contributed by atoms with E-state index in [4.69, 9.17) is 10.00 Å². The number of hydrogen-bond donors (Lipinski definition) is 0. The van der Waals surface area contributed by atoms with Crippen molar-refractivity contribution in [2.75, 3.05) is 0 Å². The lowest BCUT2D eigenvalue weighted by Gasteiger charge is -2.45. The van der Waals surface area contributed by atoms with E-state index in [1.54, 1.807) is 0 Å². The minimum atomic E-state index is -0.645. The van der Waals surface area contributed by atoms with E-state index < -0.39 is 5.82 Å². The van der Waals surface area contributed by atoms with E-state index in [0.717, 1.165) is 37.2 Å². The van der Waals surface area contributed by atoms with Crippen molar-refractivity contribution >= 4 is 5.97 Å². The molecule has 0 heterocycles. The first-order valence-electron chi connectivity index (χ1n) is 11.6. The molecule has 3 aliphatic rings. The molecule has 0 aliphatic heterocycles. The maximum absolute atomic E-state index is 14.2. The van der Waals surface area contributed by atoms with Crippen LogP contribution < -0.4 is 4.74 Å². The van der Waals surface area contributed by atoms with Crippen molar-refractivity contribution in [3.05, 3.63) is 42.2 Å². The van der Waals surface area contributed by atoms with Crippen molar-refractivity contribution in [1.29, 1.82) is 5.26 Å². The molecule has 0 radical (unpaired) electrons. The number of rotatable bonds is 4. The molecular weight excluding hydrogens is 377 g/mol. The zero-order chi connectivity index (χ0) is 21.1. The molecule has 3 fully saturated rings. The van der Waals surface area contributed by atoms with Crippen LogP contribution in [0.3, 0.4) is 0 Å². The highest BCUT2D eigenvalue weighted by atomic mass is 19.1. The van der Waals surface area contributed by atoms with Gasteiger partial charge in [0.1, 0.15) is 0 Å². The summed E-state index contributed by atoms with van der Waals surface area (Å²) in [6.07, 6.45) is 14.0. The molecule has 1 aromatic carbocycles. The standard InChI is InChI=1S/C26H32FNO2/c1-2-17-6-9-19(10-7-17)20-11-12-22-21(15-20)4-3-5-23(22)26(29)30-25-13-8-18(16-28)14-24(25)27/h2,8,13-14,17,19-23H,1,3-7,9-12,15H2. The van der Waals surface area contributed by atoms with Crippen molar-refractivity contribution < 1.29 is 13.9 Å². The van der Waals surface area contributed by atoms with Crippen molar-refractivity contribution in [3.63, 3.8) is 0 Å². The Morgan fingerprint density at radius 1 is 1.07 bits per heavy atom. The van der Waals surface area contributed by atoms with Crippen LogP contribution in [0.2, 0.25) is 0 Å². The van der Waals surface area contributed by atoms with Gasteiger partial charge < -0.3 is 4.74 Å². The summed E-state index contributed by atoms with van der Waals surface area (Å²) in [4.78, 5) is 12.9. The van der Waals surface area contributed by atoms with Gasteiger partial charge in [-0.1, -0.05) is 18.9 Å². The van der Waals surface area contributed by atoms with Crippen LogP contribution >= 0.6 is 0 Å². The topological polar surface area (TPSA) is 50.1 Å². The van der Waals surface area contributed by atoms with E-state index in [-0.39, 0.29) is 23.2 Å². The lowest BCUT2D eigenvalue weighted by Crippen LogP contribution is -2.40. The molecule has 0 aromatic heterocycles. The lowest BCUT2D eigenvalue weighted by molar-refractivity contribution is -0.144. The quantitative estimate of drug-likeness (QED) is 0.327. The second-order valence-electron chi connectivity index (χ2n) is 9.62. The van der Waals surface area contributed by atoms with Crippen LogP contribution in [0.15, 0.2) is 30.9 Å². The van der Waals surface area contributed by atoms with Crippen molar-refractivity contribution in [1.82, 2.24) is 0 Å². The zero-order valence-corrected chi connectivity index (χ0v) is 17.7. The van der Waals surface area contributed by atoms with E-state index in [0.29, 0.717) is 17.8 Å². The number of ether oxygens (including phenoxy) is 1. The smallest absolute Gasteiger partial charge is 0.314 e. The number of allylic oxidation sites excluding steroid dienone is 1. The molecule has 4 atom stereocenters. The molecule has 1 aromatic rings. The fourth-order valence-corrected chi connectivity index (χ4v) is 6.41. The average Bonchev–Trinajstić information content (AvgIpc) is 2.79. The molecule has 0 bridgehead atoms. The Morgan fingerprint density at radius 3 is 2.53 bits per heavy atom. The maximum Gasteiger partial charge on any atom is 0.314 e. The number of nitrogens with zero attached hydrogens (tertiary/aromatic N) is 1. The van der Waals surface area contributed by atoms with E-state index in [1.807, 2.05) is 6.07 Å². The molecule has 3 nitrogen and oxygen atoms in total. The molecule has 0 saturated heterocycles. The Bertz CT molecular complexity index is 821. The first-order valence-corrected chi connectivity index (χ1v) is 11.6. The number of halogens is 1. The molecular formula is C26H32FNO2. The summed E-state index contributed by atoms with van der Waals surface area (Å²) < 4.78 is 19.6. The monoisotopic (exact) mass is 409 g/mol. The molecule has 0 spiro atoms. The Balaban J connectivity index is 1.37. The first kappa shape index (κ1) is 21.1. The largest absolute Gasteiger partial charge is 0.423 e. The van der Waals surface area contributed by atoms with Crippen LogP contribution in [0.25, 0.3) is 0 Å². The highest BCUT2D eigenvalue weighted by Gasteiger charge is 2.43. The van der Waals surface area contributed by atoms with Crippen molar-refractivity contribution in [2.45, 2.75) is 64.2 Å². The Kier molecular flexibility index (Phi) is 6.56. The second kappa shape index (κ2) is 9.33. The summed E-state index contributed by atoms with van der Waals surface area (Å²) in [6, 6.07) is 5.90. The van der Waals surface area contributed by atoms with Gasteiger partial charge in [-0.25, -0.2) is 4.39 Å². The van der Waals surface area contributed by atoms with Crippen molar-refractivity contribution in [3.8, 4) is 11.8 Å². The first-order chi connectivity index (χ1) is 14.6. The summed E-state index contributed by atoms with van der Waals surface area (Å²) in [7, 11) is 0. The van der Waals surface area contributed by atoms with Gasteiger partial charge >= 0.3 is 5.97 Å². The van der Waals surface area contributed by atoms with E-state index >= 15 is 0 Å². The van der Waals surface area contributed by atoms with Crippen LogP contribution in [0.1, 0.15) is 69.8 Å². The van der Waals surface area contributed by atoms with Crippen LogP contribution in [0, 0.1) is 52.7 Å². The van der Waals surface area contributed by atoms with E-state index in [2.05, 4.69) is 12.7 Å². The van der Waals surface area contributed by atoms with Crippen LogP contribution in [0.4, 0.5) is 4.39 Å². The summed E-state index contributed by atoms with van der Waals surface area (Å²) in [6.45, 7) is 3.96. The Morgan fingerprint density at radius 2 is 1.83 bits per heavy atom. The van der Waals surface area contributed by atoms with E-state index in [9.17, 15) is 9.18 Å². The minimum absolute atomic E-state index is 0.0613. The van der Waals surface area contributed by atoms with E-state index in [1.165, 1.54) is 57.1 Å². The van der Waals surface area contributed by atoms with Gasteiger partial charge in [-0.05, 0) is 99.2 Å². The number of nitriles is 1. The summed E-state index contributed by atoms with van der Waals surface area (Å²) in [5, 5.41) is 8.88. The molecule has 0 N–H and O–H groups in total. The van der Waals surface area contributed by atoms with Crippen LogP contribution in [-0.2, 0) is 4.79 Å². The molecule has 4 unspecified atom stereocenters. The molecule has 30 heavy (non-hydrogen) atoms. The van der Waals surface area contributed by atoms with Gasteiger partial charge in [0, 0.05) is 0 Å². The lowest BCUT2D eigenvalue weighted by atomic mass is 9.59. The zero-order valence-electron chi connectivity index (χ0n) is 17.7. The third kappa shape index (κ3) is 4.46. The third-order valence-corrected chi connectivity index (χ3v) is 8.08. The normalized spacial score (nSPS) is 33.7. The summed E-state index contributed by atoms with van der Waals surface area (Å²) in [5.74, 6) is 2.17. The maximum atomic E-state index is 14.2. The number of esters is 1. The van der Waals surface area contributed by atoms with Gasteiger partial charge in [0.05, 0.1) is 17.6 Å². The average molecular weight is 410 g/mol. The number of hydrogen-bond acceptors (Lipinski definition) is 3. The predicted molar refractivity (Wildman–Crippen MR) is 114 cm³/mol. The number of carbonyl (C=O) groups is 1. The number of carbonyl (C=O) groups excluding carboxylic acids is 1. The van der Waals surface area contributed by atoms with Gasteiger partial charge in [-0.3, -0.25) is 4.79 Å². The number of benzene rings is 1. The molecule has 160 valence electrons. The SMILES string of the molecule is C=CC1CCC(C2CCC3C(CCCC3C(=O)Oc3ccc(C#N)cc3F)C2)CC1. The third-order valence-electron chi connectivity index (χ3n) is 8.08. The summed E-state index contributed by atoms with van der Waals surface area (Å²) in [5.41, 5.74) is 0.227. The minimum Gasteiger partial charge on any atom is -0.423 e. The summed E-state index contributed by atoms with van der Waals surface area (Å²) >= 11 is 0. The second-order valence-corrected chi connectivity index (χ2v) is 9.62. The molecule has 0 amide bonds. The highest BCUT2D eigenvalue weighted by molar-refractivity contribution is 5.75. The fraction of sp³-hybridized carbons (Fsp3) is 0.615. The van der Waals surface area contributed by atoms with Gasteiger partial charge in [-0.2, -0.15) is 5.26 Å². The number of fused-ring (bicyclic) bond motifs is 1. The van der Waals surface area contributed by atoms with Crippen molar-refractivity contribution in [2.24, 2.45) is 35.5 Å². The van der Waals surface area contributed by atoms with Gasteiger partial charge in [-0.15, -0.1) is 6.58 Å². The molecule has 4 rings (SSSR count). The highest BCUT2D eigenvalue weighted by Crippen LogP contribution is 2.50. The molecule has 3 saturated carbocycles. The fourth-order valence-electron chi connectivity index (χ4n) is 6.41. The van der Waals surface area contributed by atoms with Crippen LogP contribution in [0.5, 0.6) is 5.75 Å². The van der Waals surface area contributed by atoms with Gasteiger partial charge in [0.25, 0.3) is 0 Å².